The molecule has 0 aromatic carbocycles. The summed E-state index contributed by atoms with van der Waals surface area (Å²) >= 11 is 0. The number of hydrogen-bond donors (Lipinski definition) is 2. The molecule has 1 fully saturated rings. The minimum atomic E-state index is -0.991. The third kappa shape index (κ3) is 4.28. The van der Waals surface area contributed by atoms with Crippen molar-refractivity contribution in [2.75, 3.05) is 7.11 Å². The highest BCUT2D eigenvalue weighted by atomic mass is 16.5. The Morgan fingerprint density at radius 1 is 1.35 bits per heavy atom. The fraction of sp³-hybridized carbons (Fsp3) is 0.923. The van der Waals surface area contributed by atoms with Gasteiger partial charge in [0.2, 0.25) is 0 Å². The molecule has 0 aliphatic carbocycles. The molecule has 0 radical (unpaired) electrons. The Labute approximate surface area is 104 Å². The molecule has 4 heteroatoms. The van der Waals surface area contributed by atoms with Crippen LogP contribution in [0.5, 0.6) is 0 Å². The number of ether oxygens (including phenoxy) is 1. The summed E-state index contributed by atoms with van der Waals surface area (Å²) in [5.41, 5.74) is 0.0878. The predicted octanol–water partition coefficient (Wildman–Crippen LogP) is 1.47. The molecule has 4 nitrogen and oxygen atoms in total. The number of aliphatic hydroxyl groups is 1. The van der Waals surface area contributed by atoms with Crippen LogP contribution in [0, 0.1) is 5.92 Å². The number of carbonyl (C=O) groups is 1. The quantitative estimate of drug-likeness (QED) is 0.737. The van der Waals surface area contributed by atoms with Gasteiger partial charge in [-0.1, -0.05) is 0 Å². The Morgan fingerprint density at radius 3 is 2.24 bits per heavy atom. The first-order chi connectivity index (χ1) is 7.65. The van der Waals surface area contributed by atoms with Gasteiger partial charge in [0, 0.05) is 11.1 Å². The highest BCUT2D eigenvalue weighted by Crippen LogP contribution is 2.35. The summed E-state index contributed by atoms with van der Waals surface area (Å²) in [6, 6.07) is 0. The van der Waals surface area contributed by atoms with Gasteiger partial charge in [-0.05, 0) is 52.9 Å². The second-order valence-corrected chi connectivity index (χ2v) is 6.44. The Kier molecular flexibility index (Phi) is 4.20. The molecule has 1 rings (SSSR count). The number of nitrogens with one attached hydrogen (secondary N) is 1. The Morgan fingerprint density at radius 2 is 1.82 bits per heavy atom. The highest BCUT2D eigenvalue weighted by Gasteiger charge is 2.38. The number of hydrogen-bond acceptors (Lipinski definition) is 4. The summed E-state index contributed by atoms with van der Waals surface area (Å²) in [4.78, 5) is 11.2. The zero-order valence-corrected chi connectivity index (χ0v) is 11.5. The molecular formula is C13H25NO3. The van der Waals surface area contributed by atoms with Crippen LogP contribution in [0.1, 0.15) is 47.0 Å². The maximum atomic E-state index is 11.2. The number of methoxy groups -OCH3 is 1. The molecule has 100 valence electrons. The van der Waals surface area contributed by atoms with Crippen LogP contribution in [-0.2, 0) is 9.53 Å². The SMILES string of the molecule is COC(=O)C(O)CC1CC(C)(C)NC(C)(C)C1. The number of esters is 1. The largest absolute Gasteiger partial charge is 0.467 e. The Hall–Kier alpha value is -0.610. The van der Waals surface area contributed by atoms with Crippen LogP contribution < -0.4 is 5.32 Å². The van der Waals surface area contributed by atoms with E-state index in [0.717, 1.165) is 12.8 Å². The molecule has 1 saturated heterocycles. The molecule has 0 aromatic rings. The average molecular weight is 243 g/mol. The van der Waals surface area contributed by atoms with E-state index < -0.39 is 12.1 Å². The van der Waals surface area contributed by atoms with E-state index in [0.29, 0.717) is 12.3 Å². The van der Waals surface area contributed by atoms with E-state index in [2.05, 4.69) is 37.7 Å². The third-order valence-electron chi connectivity index (χ3n) is 3.30. The molecule has 0 spiro atoms. The molecule has 1 unspecified atom stereocenters. The molecule has 2 N–H and O–H groups in total. The summed E-state index contributed by atoms with van der Waals surface area (Å²) in [5.74, 6) is -0.186. The van der Waals surface area contributed by atoms with Gasteiger partial charge in [0.25, 0.3) is 0 Å². The topological polar surface area (TPSA) is 58.6 Å². The van der Waals surface area contributed by atoms with Crippen molar-refractivity contribution in [1.29, 1.82) is 0 Å². The number of rotatable bonds is 3. The van der Waals surface area contributed by atoms with E-state index in [9.17, 15) is 9.90 Å². The molecule has 17 heavy (non-hydrogen) atoms. The van der Waals surface area contributed by atoms with E-state index in [4.69, 9.17) is 0 Å². The molecule has 0 aromatic heterocycles. The van der Waals surface area contributed by atoms with Crippen molar-refractivity contribution < 1.29 is 14.6 Å². The Balaban J connectivity index is 2.62. The van der Waals surface area contributed by atoms with Crippen molar-refractivity contribution in [2.45, 2.75) is 64.1 Å². The van der Waals surface area contributed by atoms with Crippen LogP contribution >= 0.6 is 0 Å². The molecule has 1 heterocycles. The first-order valence-electron chi connectivity index (χ1n) is 6.20. The van der Waals surface area contributed by atoms with Crippen LogP contribution in [0.4, 0.5) is 0 Å². The van der Waals surface area contributed by atoms with Crippen molar-refractivity contribution in [3.05, 3.63) is 0 Å². The molecule has 1 atom stereocenters. The normalized spacial score (nSPS) is 25.3. The fourth-order valence-electron chi connectivity index (χ4n) is 3.25. The highest BCUT2D eigenvalue weighted by molar-refractivity contribution is 5.74. The second kappa shape index (κ2) is 4.94. The van der Waals surface area contributed by atoms with Crippen LogP contribution in [0.3, 0.4) is 0 Å². The van der Waals surface area contributed by atoms with E-state index in [1.54, 1.807) is 0 Å². The third-order valence-corrected chi connectivity index (χ3v) is 3.30. The Bertz CT molecular complexity index is 270. The molecule has 0 amide bonds. The van der Waals surface area contributed by atoms with Crippen molar-refractivity contribution in [2.24, 2.45) is 5.92 Å². The molecular weight excluding hydrogens is 218 g/mol. The lowest BCUT2D eigenvalue weighted by molar-refractivity contribution is -0.151. The summed E-state index contributed by atoms with van der Waals surface area (Å²) in [5, 5.41) is 13.3. The van der Waals surface area contributed by atoms with Gasteiger partial charge in [-0.25, -0.2) is 4.79 Å². The molecule has 0 bridgehead atoms. The van der Waals surface area contributed by atoms with Gasteiger partial charge in [0.15, 0.2) is 6.10 Å². The van der Waals surface area contributed by atoms with Gasteiger partial charge in [-0.15, -0.1) is 0 Å². The van der Waals surface area contributed by atoms with Gasteiger partial charge in [-0.2, -0.15) is 0 Å². The average Bonchev–Trinajstić information content (AvgIpc) is 2.11. The van der Waals surface area contributed by atoms with E-state index in [1.165, 1.54) is 7.11 Å². The zero-order valence-electron chi connectivity index (χ0n) is 11.5. The lowest BCUT2D eigenvalue weighted by atomic mass is 9.74. The summed E-state index contributed by atoms with van der Waals surface area (Å²) in [6.45, 7) is 8.63. The van der Waals surface area contributed by atoms with Crippen molar-refractivity contribution in [3.63, 3.8) is 0 Å². The second-order valence-electron chi connectivity index (χ2n) is 6.44. The summed E-state index contributed by atoms with van der Waals surface area (Å²) in [6.07, 6.45) is 1.42. The lowest BCUT2D eigenvalue weighted by Gasteiger charge is -2.46. The van der Waals surface area contributed by atoms with Gasteiger partial charge < -0.3 is 15.2 Å². The van der Waals surface area contributed by atoms with Crippen molar-refractivity contribution in [3.8, 4) is 0 Å². The maximum Gasteiger partial charge on any atom is 0.334 e. The van der Waals surface area contributed by atoms with Gasteiger partial charge >= 0.3 is 5.97 Å². The minimum absolute atomic E-state index is 0.0439. The number of aliphatic hydroxyl groups excluding tert-OH is 1. The van der Waals surface area contributed by atoms with Crippen LogP contribution in [0.2, 0.25) is 0 Å². The van der Waals surface area contributed by atoms with E-state index >= 15 is 0 Å². The predicted molar refractivity (Wildman–Crippen MR) is 66.7 cm³/mol. The number of piperidine rings is 1. The van der Waals surface area contributed by atoms with Crippen molar-refractivity contribution >= 4 is 5.97 Å². The van der Waals surface area contributed by atoms with Gasteiger partial charge in [0.05, 0.1) is 7.11 Å². The molecule has 1 aliphatic heterocycles. The fourth-order valence-corrected chi connectivity index (χ4v) is 3.25. The van der Waals surface area contributed by atoms with E-state index in [-0.39, 0.29) is 11.1 Å². The lowest BCUT2D eigenvalue weighted by Crippen LogP contribution is -2.58. The minimum Gasteiger partial charge on any atom is -0.467 e. The molecule has 1 aliphatic rings. The van der Waals surface area contributed by atoms with Gasteiger partial charge in [-0.3, -0.25) is 0 Å². The maximum absolute atomic E-state index is 11.2. The van der Waals surface area contributed by atoms with Gasteiger partial charge in [0.1, 0.15) is 0 Å². The number of carbonyl (C=O) groups excluding carboxylic acids is 1. The van der Waals surface area contributed by atoms with Crippen molar-refractivity contribution in [1.82, 2.24) is 5.32 Å². The van der Waals surface area contributed by atoms with E-state index in [1.807, 2.05) is 0 Å². The summed E-state index contributed by atoms with van der Waals surface area (Å²) < 4.78 is 4.55. The van der Waals surface area contributed by atoms with Crippen LogP contribution in [0.15, 0.2) is 0 Å². The summed E-state index contributed by atoms with van der Waals surface area (Å²) in [7, 11) is 1.31. The first-order valence-corrected chi connectivity index (χ1v) is 6.20. The monoisotopic (exact) mass is 243 g/mol. The van der Waals surface area contributed by atoms with Crippen LogP contribution in [0.25, 0.3) is 0 Å². The van der Waals surface area contributed by atoms with Crippen LogP contribution in [-0.4, -0.2) is 35.4 Å². The first kappa shape index (κ1) is 14.5. The smallest absolute Gasteiger partial charge is 0.334 e. The molecule has 0 saturated carbocycles. The standard InChI is InChI=1S/C13H25NO3/c1-12(2)7-9(8-13(3,4)14-12)6-10(15)11(16)17-5/h9-10,14-15H,6-8H2,1-5H3. The zero-order chi connectivity index (χ0) is 13.3.